The molecule has 0 bridgehead atoms. The van der Waals surface area contributed by atoms with Crippen LogP contribution in [-0.4, -0.2) is 30.9 Å². The molecule has 0 saturated carbocycles. The van der Waals surface area contributed by atoms with Crippen molar-refractivity contribution in [2.45, 2.75) is 18.6 Å². The van der Waals surface area contributed by atoms with E-state index in [2.05, 4.69) is 20.1 Å². The first-order valence-corrected chi connectivity index (χ1v) is 6.27. The molecule has 0 aromatic carbocycles. The van der Waals surface area contributed by atoms with Crippen LogP contribution in [0.1, 0.15) is 12.5 Å². The summed E-state index contributed by atoms with van der Waals surface area (Å²) in [6.45, 7) is 0. The second-order valence-corrected chi connectivity index (χ2v) is 4.59. The Balaban J connectivity index is 2.04. The molecule has 0 spiro atoms. The zero-order valence-corrected chi connectivity index (χ0v) is 11.0. The fraction of sp³-hybridized carbons (Fsp3) is 0.231. The second-order valence-electron chi connectivity index (χ2n) is 4.59. The number of nitriles is 1. The van der Waals surface area contributed by atoms with Crippen LogP contribution in [0.3, 0.4) is 0 Å². The maximum atomic E-state index is 13.0. The van der Waals surface area contributed by atoms with Crippen molar-refractivity contribution < 1.29 is 13.2 Å². The summed E-state index contributed by atoms with van der Waals surface area (Å²) in [7, 11) is 0. The number of nitrogens with zero attached hydrogens (tertiary/aromatic N) is 5. The van der Waals surface area contributed by atoms with Gasteiger partial charge >= 0.3 is 6.18 Å². The molecular weight excluding hydrogens is 297 g/mol. The van der Waals surface area contributed by atoms with Gasteiger partial charge in [-0.05, 0) is 6.07 Å². The van der Waals surface area contributed by atoms with Crippen molar-refractivity contribution >= 4 is 11.0 Å². The number of hydrogen-bond donors (Lipinski definition) is 1. The highest BCUT2D eigenvalue weighted by molar-refractivity contribution is 5.89. The molecule has 6 nitrogen and oxygen atoms in total. The average Bonchev–Trinajstić information content (AvgIpc) is 3.11. The molecular formula is C13H9F3N6. The first-order chi connectivity index (χ1) is 10.5. The lowest BCUT2D eigenvalue weighted by Crippen LogP contribution is -2.26. The standard InChI is InChI=1S/C13H9F3N6/c14-13(15,16)10(1-3-17)22-6-8(5-21-22)11-9-2-4-18-12(9)20-7-19-11/h2,4-7,10H,1H2,(H,18,19,20)/t10-/m1/s1. The van der Waals surface area contributed by atoms with E-state index in [1.165, 1.54) is 24.8 Å². The number of halogens is 3. The molecule has 0 radical (unpaired) electrons. The van der Waals surface area contributed by atoms with Crippen molar-refractivity contribution in [2.24, 2.45) is 0 Å². The SMILES string of the molecule is N#CC[C@@H](n1cc(-c2ncnc3[nH]ccc23)cn1)C(F)(F)F. The number of fused-ring (bicyclic) bond motifs is 1. The maximum absolute atomic E-state index is 13.0. The fourth-order valence-corrected chi connectivity index (χ4v) is 2.18. The van der Waals surface area contributed by atoms with E-state index in [0.717, 1.165) is 4.68 Å². The summed E-state index contributed by atoms with van der Waals surface area (Å²) in [5, 5.41) is 13.0. The molecule has 0 fully saturated rings. The van der Waals surface area contributed by atoms with E-state index in [0.29, 0.717) is 22.3 Å². The molecule has 9 heteroatoms. The summed E-state index contributed by atoms with van der Waals surface area (Å²) in [6, 6.07) is 1.29. The highest BCUT2D eigenvalue weighted by Gasteiger charge is 2.41. The van der Waals surface area contributed by atoms with Crippen LogP contribution in [0.5, 0.6) is 0 Å². The molecule has 0 aliphatic heterocycles. The van der Waals surface area contributed by atoms with E-state index >= 15 is 0 Å². The third-order valence-electron chi connectivity index (χ3n) is 3.21. The molecule has 3 aromatic rings. The molecule has 0 aliphatic carbocycles. The van der Waals surface area contributed by atoms with Gasteiger partial charge in [-0.1, -0.05) is 0 Å². The molecule has 0 saturated heterocycles. The number of nitrogens with one attached hydrogen (secondary N) is 1. The number of aromatic amines is 1. The Kier molecular flexibility index (Phi) is 3.29. The van der Waals surface area contributed by atoms with E-state index in [-0.39, 0.29) is 0 Å². The quantitative estimate of drug-likeness (QED) is 0.806. The van der Waals surface area contributed by atoms with Gasteiger partial charge in [-0.2, -0.15) is 23.5 Å². The molecule has 0 amide bonds. The Morgan fingerprint density at radius 3 is 2.91 bits per heavy atom. The summed E-state index contributed by atoms with van der Waals surface area (Å²) in [5.74, 6) is 0. The summed E-state index contributed by atoms with van der Waals surface area (Å²) in [6.07, 6.45) is 0.278. The van der Waals surface area contributed by atoms with Gasteiger partial charge in [-0.25, -0.2) is 9.97 Å². The Morgan fingerprint density at radius 1 is 1.36 bits per heavy atom. The van der Waals surface area contributed by atoms with Crippen molar-refractivity contribution in [3.8, 4) is 17.3 Å². The molecule has 0 unspecified atom stereocenters. The maximum Gasteiger partial charge on any atom is 0.411 e. The van der Waals surface area contributed by atoms with Crippen LogP contribution in [0.25, 0.3) is 22.3 Å². The highest BCUT2D eigenvalue weighted by atomic mass is 19.4. The molecule has 3 aromatic heterocycles. The molecule has 3 heterocycles. The minimum Gasteiger partial charge on any atom is -0.346 e. The smallest absolute Gasteiger partial charge is 0.346 e. The summed E-state index contributed by atoms with van der Waals surface area (Å²) >= 11 is 0. The van der Waals surface area contributed by atoms with Gasteiger partial charge < -0.3 is 4.98 Å². The Labute approximate surface area is 122 Å². The third-order valence-corrected chi connectivity index (χ3v) is 3.21. The molecule has 1 N–H and O–H groups in total. The molecule has 0 aliphatic rings. The van der Waals surface area contributed by atoms with Crippen molar-refractivity contribution in [3.63, 3.8) is 0 Å². The third kappa shape index (κ3) is 2.39. The summed E-state index contributed by atoms with van der Waals surface area (Å²) in [4.78, 5) is 11.0. The Hall–Kier alpha value is -2.89. The van der Waals surface area contributed by atoms with Crippen molar-refractivity contribution in [3.05, 3.63) is 31.0 Å². The number of hydrogen-bond acceptors (Lipinski definition) is 4. The topological polar surface area (TPSA) is 83.2 Å². The first kappa shape index (κ1) is 14.1. The molecule has 1 atom stereocenters. The van der Waals surface area contributed by atoms with Gasteiger partial charge in [0.1, 0.15) is 12.0 Å². The first-order valence-electron chi connectivity index (χ1n) is 6.27. The number of H-pyrrole nitrogens is 1. The zero-order chi connectivity index (χ0) is 15.7. The van der Waals surface area contributed by atoms with E-state index in [1.54, 1.807) is 12.3 Å². The van der Waals surface area contributed by atoms with Gasteiger partial charge in [-0.15, -0.1) is 0 Å². The van der Waals surface area contributed by atoms with Gasteiger partial charge in [0.25, 0.3) is 0 Å². The number of aromatic nitrogens is 5. The van der Waals surface area contributed by atoms with Gasteiger partial charge in [0.2, 0.25) is 0 Å². The van der Waals surface area contributed by atoms with E-state index < -0.39 is 18.6 Å². The summed E-state index contributed by atoms with van der Waals surface area (Å²) < 4.78 is 39.6. The minimum absolute atomic E-state index is 0.430. The predicted octanol–water partition coefficient (Wildman–Crippen LogP) is 2.84. The second kappa shape index (κ2) is 5.14. The largest absolute Gasteiger partial charge is 0.411 e. The van der Waals surface area contributed by atoms with Crippen molar-refractivity contribution in [1.29, 1.82) is 5.26 Å². The van der Waals surface area contributed by atoms with Gasteiger partial charge in [0, 0.05) is 23.3 Å². The molecule has 112 valence electrons. The van der Waals surface area contributed by atoms with Crippen LogP contribution in [0.15, 0.2) is 31.0 Å². The van der Waals surface area contributed by atoms with Crippen LogP contribution in [-0.2, 0) is 0 Å². The van der Waals surface area contributed by atoms with Crippen molar-refractivity contribution in [2.75, 3.05) is 0 Å². The predicted molar refractivity (Wildman–Crippen MR) is 70.4 cm³/mol. The van der Waals surface area contributed by atoms with Crippen molar-refractivity contribution in [1.82, 2.24) is 24.7 Å². The molecule has 22 heavy (non-hydrogen) atoms. The highest BCUT2D eigenvalue weighted by Crippen LogP contribution is 2.34. The monoisotopic (exact) mass is 306 g/mol. The van der Waals surface area contributed by atoms with E-state index in [4.69, 9.17) is 5.26 Å². The normalized spacial score (nSPS) is 13.2. The van der Waals surface area contributed by atoms with Gasteiger partial charge in [0.05, 0.1) is 24.4 Å². The average molecular weight is 306 g/mol. The lowest BCUT2D eigenvalue weighted by atomic mass is 10.2. The van der Waals surface area contributed by atoms with Gasteiger partial charge in [0.15, 0.2) is 6.04 Å². The van der Waals surface area contributed by atoms with E-state index in [1.807, 2.05) is 0 Å². The Morgan fingerprint density at radius 2 is 2.18 bits per heavy atom. The van der Waals surface area contributed by atoms with Crippen LogP contribution in [0, 0.1) is 11.3 Å². The lowest BCUT2D eigenvalue weighted by Gasteiger charge is -2.17. The molecule has 3 rings (SSSR count). The van der Waals surface area contributed by atoms with E-state index in [9.17, 15) is 13.2 Å². The number of alkyl halides is 3. The van der Waals surface area contributed by atoms with Crippen LogP contribution in [0.4, 0.5) is 13.2 Å². The van der Waals surface area contributed by atoms with Crippen LogP contribution in [0.2, 0.25) is 0 Å². The minimum atomic E-state index is -4.55. The van der Waals surface area contributed by atoms with Crippen LogP contribution < -0.4 is 0 Å². The zero-order valence-electron chi connectivity index (χ0n) is 11.0. The fourth-order valence-electron chi connectivity index (χ4n) is 2.18. The Bertz CT molecular complexity index is 841. The summed E-state index contributed by atoms with van der Waals surface area (Å²) in [5.41, 5.74) is 1.50. The van der Waals surface area contributed by atoms with Crippen LogP contribution >= 0.6 is 0 Å². The number of rotatable bonds is 3. The van der Waals surface area contributed by atoms with Gasteiger partial charge in [-0.3, -0.25) is 4.68 Å². The lowest BCUT2D eigenvalue weighted by molar-refractivity contribution is -0.169.